The molecule has 27 heavy (non-hydrogen) atoms. The number of unbranched alkanes of at least 4 members (excludes halogenated alkanes) is 1. The van der Waals surface area contributed by atoms with E-state index in [4.69, 9.17) is 0 Å². The van der Waals surface area contributed by atoms with E-state index in [9.17, 15) is 14.7 Å². The minimum absolute atomic E-state index is 0.215. The highest BCUT2D eigenvalue weighted by atomic mass is 16.3. The van der Waals surface area contributed by atoms with Crippen molar-refractivity contribution in [2.24, 2.45) is 0 Å². The Morgan fingerprint density at radius 3 is 2.33 bits per heavy atom. The van der Waals surface area contributed by atoms with Gasteiger partial charge in [-0.3, -0.25) is 13.9 Å². The number of aliphatic hydroxyl groups is 1. The van der Waals surface area contributed by atoms with Crippen LogP contribution in [0.15, 0.2) is 39.9 Å². The van der Waals surface area contributed by atoms with Crippen LogP contribution in [0.5, 0.6) is 0 Å². The van der Waals surface area contributed by atoms with Gasteiger partial charge in [-0.05, 0) is 18.4 Å². The van der Waals surface area contributed by atoms with Gasteiger partial charge in [0.05, 0.1) is 6.54 Å². The molecule has 144 valence electrons. The first kappa shape index (κ1) is 19.1. The van der Waals surface area contributed by atoms with Gasteiger partial charge < -0.3 is 9.67 Å². The zero-order chi connectivity index (χ0) is 19.4. The summed E-state index contributed by atoms with van der Waals surface area (Å²) in [5.41, 5.74) is 0.956. The Balaban J connectivity index is 2.30. The molecule has 2 heterocycles. The zero-order valence-electron chi connectivity index (χ0n) is 15.9. The van der Waals surface area contributed by atoms with Crippen molar-refractivity contribution in [2.75, 3.05) is 0 Å². The van der Waals surface area contributed by atoms with Crippen molar-refractivity contribution < 1.29 is 5.11 Å². The molecule has 0 spiro atoms. The molecule has 0 aliphatic rings. The van der Waals surface area contributed by atoms with E-state index in [0.29, 0.717) is 30.1 Å². The van der Waals surface area contributed by atoms with Crippen LogP contribution in [0.25, 0.3) is 11.2 Å². The molecule has 0 bridgehead atoms. The van der Waals surface area contributed by atoms with Gasteiger partial charge in [-0.2, -0.15) is 0 Å². The SMILES string of the molecule is CCCCn1c(=O)n(Cc2ccccc2)c(=O)c2c1nc(CO)n2CCC. The number of aromatic nitrogens is 4. The topological polar surface area (TPSA) is 82.1 Å². The third-order valence-electron chi connectivity index (χ3n) is 4.70. The summed E-state index contributed by atoms with van der Waals surface area (Å²) >= 11 is 0. The van der Waals surface area contributed by atoms with Crippen LogP contribution < -0.4 is 11.2 Å². The minimum Gasteiger partial charge on any atom is -0.388 e. The van der Waals surface area contributed by atoms with Crippen molar-refractivity contribution in [3.05, 3.63) is 62.6 Å². The van der Waals surface area contributed by atoms with Gasteiger partial charge in [-0.1, -0.05) is 50.6 Å². The number of nitrogens with zero attached hydrogens (tertiary/aromatic N) is 4. The van der Waals surface area contributed by atoms with E-state index in [1.54, 1.807) is 9.13 Å². The van der Waals surface area contributed by atoms with E-state index in [1.165, 1.54) is 4.57 Å². The summed E-state index contributed by atoms with van der Waals surface area (Å²) in [7, 11) is 0. The fraction of sp³-hybridized carbons (Fsp3) is 0.450. The second-order valence-electron chi connectivity index (χ2n) is 6.67. The average Bonchev–Trinajstić information content (AvgIpc) is 3.05. The summed E-state index contributed by atoms with van der Waals surface area (Å²) < 4.78 is 4.61. The van der Waals surface area contributed by atoms with Gasteiger partial charge in [0.1, 0.15) is 12.4 Å². The van der Waals surface area contributed by atoms with E-state index >= 15 is 0 Å². The van der Waals surface area contributed by atoms with Crippen LogP contribution in [0.2, 0.25) is 0 Å². The van der Waals surface area contributed by atoms with Gasteiger partial charge in [0.15, 0.2) is 11.2 Å². The number of imidazole rings is 1. The number of benzene rings is 1. The third-order valence-corrected chi connectivity index (χ3v) is 4.70. The quantitative estimate of drug-likeness (QED) is 0.658. The first-order valence-corrected chi connectivity index (χ1v) is 9.49. The van der Waals surface area contributed by atoms with Crippen molar-refractivity contribution in [3.63, 3.8) is 0 Å². The van der Waals surface area contributed by atoms with Crippen LogP contribution in [0, 0.1) is 0 Å². The normalized spacial score (nSPS) is 11.4. The molecule has 3 aromatic rings. The molecule has 7 heteroatoms. The zero-order valence-corrected chi connectivity index (χ0v) is 15.9. The number of aliphatic hydroxyl groups excluding tert-OH is 1. The molecule has 0 aliphatic heterocycles. The lowest BCUT2D eigenvalue weighted by Gasteiger charge is -2.12. The Bertz CT molecular complexity index is 1030. The van der Waals surface area contributed by atoms with E-state index in [-0.39, 0.29) is 24.4 Å². The predicted octanol–water partition coefficient (Wildman–Crippen LogP) is 2.11. The second kappa shape index (κ2) is 8.35. The maximum atomic E-state index is 13.2. The standard InChI is InChI=1S/C20H26N4O3/c1-3-5-12-23-18-17(22(11-4-2)16(14-25)21-18)19(26)24(20(23)27)13-15-9-7-6-8-10-15/h6-10,25H,3-5,11-14H2,1-2H3. The highest BCUT2D eigenvalue weighted by Gasteiger charge is 2.20. The van der Waals surface area contributed by atoms with Crippen LogP contribution >= 0.6 is 0 Å². The van der Waals surface area contributed by atoms with Crippen LogP contribution in [-0.2, 0) is 26.2 Å². The van der Waals surface area contributed by atoms with Crippen molar-refractivity contribution >= 4 is 11.2 Å². The van der Waals surface area contributed by atoms with E-state index in [0.717, 1.165) is 24.8 Å². The summed E-state index contributed by atoms with van der Waals surface area (Å²) in [6, 6.07) is 9.47. The molecule has 0 saturated heterocycles. The molecule has 2 aromatic heterocycles. The van der Waals surface area contributed by atoms with E-state index < -0.39 is 0 Å². The Kier molecular flexibility index (Phi) is 5.91. The Labute approximate surface area is 157 Å². The molecular weight excluding hydrogens is 344 g/mol. The lowest BCUT2D eigenvalue weighted by atomic mass is 10.2. The van der Waals surface area contributed by atoms with Crippen LogP contribution in [0.4, 0.5) is 0 Å². The Hall–Kier alpha value is -2.67. The molecule has 0 radical (unpaired) electrons. The monoisotopic (exact) mass is 370 g/mol. The van der Waals surface area contributed by atoms with Crippen LogP contribution in [-0.4, -0.2) is 23.8 Å². The van der Waals surface area contributed by atoms with Crippen LogP contribution in [0.1, 0.15) is 44.5 Å². The predicted molar refractivity (Wildman–Crippen MR) is 105 cm³/mol. The highest BCUT2D eigenvalue weighted by Crippen LogP contribution is 2.14. The lowest BCUT2D eigenvalue weighted by molar-refractivity contribution is 0.265. The molecule has 0 unspecified atom stereocenters. The van der Waals surface area contributed by atoms with Gasteiger partial charge in [0.25, 0.3) is 5.56 Å². The number of fused-ring (bicyclic) bond motifs is 1. The summed E-state index contributed by atoms with van der Waals surface area (Å²) in [4.78, 5) is 30.7. The van der Waals surface area contributed by atoms with Gasteiger partial charge >= 0.3 is 5.69 Å². The van der Waals surface area contributed by atoms with Crippen LogP contribution in [0.3, 0.4) is 0 Å². The lowest BCUT2D eigenvalue weighted by Crippen LogP contribution is -2.41. The maximum Gasteiger partial charge on any atom is 0.333 e. The molecule has 0 atom stereocenters. The molecule has 3 rings (SSSR count). The summed E-state index contributed by atoms with van der Waals surface area (Å²) in [5.74, 6) is 0.422. The molecule has 0 amide bonds. The smallest absolute Gasteiger partial charge is 0.333 e. The Morgan fingerprint density at radius 1 is 0.963 bits per heavy atom. The van der Waals surface area contributed by atoms with Gasteiger partial charge in [0.2, 0.25) is 0 Å². The maximum absolute atomic E-state index is 13.2. The summed E-state index contributed by atoms with van der Waals surface area (Å²) in [6.07, 6.45) is 2.53. The molecule has 7 nitrogen and oxygen atoms in total. The Morgan fingerprint density at radius 2 is 1.70 bits per heavy atom. The van der Waals surface area contributed by atoms with E-state index in [1.807, 2.05) is 37.3 Å². The molecule has 1 aromatic carbocycles. The summed E-state index contributed by atoms with van der Waals surface area (Å²) in [5, 5.41) is 9.70. The van der Waals surface area contributed by atoms with Crippen molar-refractivity contribution in [2.45, 2.75) is 59.4 Å². The minimum atomic E-state index is -0.354. The fourth-order valence-electron chi connectivity index (χ4n) is 3.34. The first-order valence-electron chi connectivity index (χ1n) is 9.49. The third kappa shape index (κ3) is 3.60. The van der Waals surface area contributed by atoms with Gasteiger partial charge in [0, 0.05) is 13.1 Å². The van der Waals surface area contributed by atoms with Crippen molar-refractivity contribution in [1.29, 1.82) is 0 Å². The molecule has 0 saturated carbocycles. The largest absolute Gasteiger partial charge is 0.388 e. The number of aryl methyl sites for hydroxylation is 2. The second-order valence-corrected chi connectivity index (χ2v) is 6.67. The molecular formula is C20H26N4O3. The average molecular weight is 370 g/mol. The van der Waals surface area contributed by atoms with Gasteiger partial charge in [-0.15, -0.1) is 0 Å². The molecule has 0 aliphatic carbocycles. The highest BCUT2D eigenvalue weighted by molar-refractivity contribution is 5.71. The van der Waals surface area contributed by atoms with Gasteiger partial charge in [-0.25, -0.2) is 9.78 Å². The number of rotatable bonds is 8. The fourth-order valence-corrected chi connectivity index (χ4v) is 3.34. The molecule has 1 N–H and O–H groups in total. The number of hydrogen-bond acceptors (Lipinski definition) is 4. The molecule has 0 fully saturated rings. The first-order chi connectivity index (χ1) is 13.1. The van der Waals surface area contributed by atoms with E-state index in [2.05, 4.69) is 11.9 Å². The number of hydrogen-bond donors (Lipinski definition) is 1. The summed E-state index contributed by atoms with van der Waals surface area (Å²) in [6.45, 7) is 5.06. The van der Waals surface area contributed by atoms with Crippen molar-refractivity contribution in [1.82, 2.24) is 18.7 Å². The van der Waals surface area contributed by atoms with Crippen molar-refractivity contribution in [3.8, 4) is 0 Å².